The number of phosphoric ester groups is 1. The molecule has 0 fully saturated rings. The van der Waals surface area contributed by atoms with Crippen molar-refractivity contribution in [1.29, 1.82) is 0 Å². The first-order valence-corrected chi connectivity index (χ1v) is 23.6. The summed E-state index contributed by atoms with van der Waals surface area (Å²) < 4.78 is 33.9. The van der Waals surface area contributed by atoms with Crippen molar-refractivity contribution in [2.24, 2.45) is 0 Å². The van der Waals surface area contributed by atoms with Gasteiger partial charge in [0.25, 0.3) is 13.7 Å². The quantitative estimate of drug-likeness (QED) is 0.0285. The van der Waals surface area contributed by atoms with Crippen LogP contribution in [0.4, 0.5) is 5.69 Å². The molecule has 1 unspecified atom stereocenters. The van der Waals surface area contributed by atoms with Gasteiger partial charge in [-0.2, -0.15) is 0 Å². The first-order valence-electron chi connectivity index (χ1n) is 22.2. The minimum absolute atomic E-state index is 0.0459. The van der Waals surface area contributed by atoms with Gasteiger partial charge in [-0.3, -0.25) is 18.9 Å². The highest BCUT2D eigenvalue weighted by atomic mass is 31.2. The van der Waals surface area contributed by atoms with E-state index in [9.17, 15) is 23.8 Å². The van der Waals surface area contributed by atoms with E-state index in [1.807, 2.05) is 45.4 Å². The lowest BCUT2D eigenvalue weighted by Gasteiger charge is -2.28. The van der Waals surface area contributed by atoms with Crippen molar-refractivity contribution in [1.82, 2.24) is 5.32 Å². The molecule has 1 amide bonds. The van der Waals surface area contributed by atoms with E-state index < -0.39 is 32.5 Å². The maximum Gasteiger partial charge on any atom is 0.306 e. The second kappa shape index (κ2) is 33.3. The maximum absolute atomic E-state index is 12.7. The van der Waals surface area contributed by atoms with Crippen LogP contribution in [0.5, 0.6) is 0 Å². The fourth-order valence-corrected chi connectivity index (χ4v) is 7.10. The van der Waals surface area contributed by atoms with Crippen molar-refractivity contribution < 1.29 is 46.8 Å². The van der Waals surface area contributed by atoms with Crippen LogP contribution >= 0.6 is 7.82 Å². The average Bonchev–Trinajstić information content (AvgIpc) is 3.17. The summed E-state index contributed by atoms with van der Waals surface area (Å²) in [7, 11) is 2.92. The third-order valence-electron chi connectivity index (χ3n) is 9.93. The zero-order valence-electron chi connectivity index (χ0n) is 36.5. The number of carbonyl (C=O) groups is 3. The number of likely N-dealkylation sites (N-methyl/N-ethyl adjacent to an activating group) is 1. The summed E-state index contributed by atoms with van der Waals surface area (Å²) >= 11 is 0. The van der Waals surface area contributed by atoms with Gasteiger partial charge in [0.05, 0.1) is 33.3 Å². The van der Waals surface area contributed by atoms with Gasteiger partial charge in [0, 0.05) is 32.1 Å². The van der Waals surface area contributed by atoms with E-state index in [0.29, 0.717) is 29.6 Å². The van der Waals surface area contributed by atoms with Gasteiger partial charge in [-0.05, 0) is 31.4 Å². The van der Waals surface area contributed by atoms with Crippen molar-refractivity contribution >= 4 is 31.4 Å². The normalized spacial score (nSPS) is 13.2. The Morgan fingerprint density at radius 3 is 1.70 bits per heavy atom. The molecule has 57 heavy (non-hydrogen) atoms. The summed E-state index contributed by atoms with van der Waals surface area (Å²) in [6.07, 6.45) is 24.1. The molecule has 0 aliphatic carbocycles. The van der Waals surface area contributed by atoms with Gasteiger partial charge in [-0.1, -0.05) is 141 Å². The summed E-state index contributed by atoms with van der Waals surface area (Å²) in [6, 6.07) is 7.47. The van der Waals surface area contributed by atoms with Crippen molar-refractivity contribution in [3.8, 4) is 0 Å². The van der Waals surface area contributed by atoms with Crippen LogP contribution in [0, 0.1) is 0 Å². The topological polar surface area (TPSA) is 152 Å². The molecule has 0 aliphatic heterocycles. The Hall–Kier alpha value is -2.50. The van der Waals surface area contributed by atoms with Gasteiger partial charge >= 0.3 is 11.9 Å². The fraction of sp³-hybridized carbons (Fsp3) is 0.795. The number of esters is 2. The van der Waals surface area contributed by atoms with Crippen LogP contribution in [0.3, 0.4) is 0 Å². The highest BCUT2D eigenvalue weighted by Crippen LogP contribution is 2.38. The summed E-state index contributed by atoms with van der Waals surface area (Å²) in [5.74, 6) is -0.943. The molecule has 0 aromatic heterocycles. The number of phosphoric acid groups is 1. The summed E-state index contributed by atoms with van der Waals surface area (Å²) in [5, 5.41) is 6.05. The first kappa shape index (κ1) is 52.5. The number of anilines is 1. The van der Waals surface area contributed by atoms with Crippen LogP contribution in [0.2, 0.25) is 0 Å². The van der Waals surface area contributed by atoms with Gasteiger partial charge in [-0.15, -0.1) is 0 Å². The lowest BCUT2D eigenvalue weighted by molar-refractivity contribution is -0.870. The third kappa shape index (κ3) is 31.1. The number of hydrogen-bond acceptors (Lipinski definition) is 10. The molecule has 0 saturated heterocycles. The third-order valence-corrected chi connectivity index (χ3v) is 10.9. The number of nitrogens with one attached hydrogen (secondary N) is 2. The lowest BCUT2D eigenvalue weighted by Crippen LogP contribution is -2.37. The molecule has 1 aromatic carbocycles. The number of amides is 1. The molecule has 0 heterocycles. The van der Waals surface area contributed by atoms with Crippen LogP contribution in [0.1, 0.15) is 171 Å². The summed E-state index contributed by atoms with van der Waals surface area (Å²) in [4.78, 5) is 50.0. The second-order valence-corrected chi connectivity index (χ2v) is 17.8. The standard InChI is InChI=1S/C44H80N3O9P/c1-6-7-8-9-10-11-12-13-14-16-19-22-25-32-42(48)53-37-39(38-55-57(51,52)54-36-35-47(3,4)5)56-43(49)33-26-23-20-17-15-18-21-24-29-34-46-44(50)40-30-27-28-31-41(40)45-2/h27-28,30-31,39H,6-26,29,32-38H2,1-5H3,(H2-,45,46,50,51,52)/t39-/m1/s1. The molecule has 1 aromatic rings. The number of ether oxygens (including phenoxy) is 2. The predicted octanol–water partition coefficient (Wildman–Crippen LogP) is 9.50. The zero-order chi connectivity index (χ0) is 42.0. The molecule has 0 aliphatic rings. The Balaban J connectivity index is 2.29. The number of hydrogen-bond donors (Lipinski definition) is 2. The van der Waals surface area contributed by atoms with Crippen molar-refractivity contribution in [2.45, 2.75) is 167 Å². The van der Waals surface area contributed by atoms with E-state index in [2.05, 4.69) is 17.6 Å². The minimum atomic E-state index is -4.64. The zero-order valence-corrected chi connectivity index (χ0v) is 37.4. The van der Waals surface area contributed by atoms with Gasteiger partial charge in [-0.25, -0.2) is 0 Å². The first-order chi connectivity index (χ1) is 27.4. The van der Waals surface area contributed by atoms with Gasteiger partial charge in [0.15, 0.2) is 6.10 Å². The predicted molar refractivity (Wildman–Crippen MR) is 228 cm³/mol. The Kier molecular flexibility index (Phi) is 30.7. The molecule has 0 bridgehead atoms. The lowest BCUT2D eigenvalue weighted by atomic mass is 10.0. The van der Waals surface area contributed by atoms with E-state index in [1.165, 1.54) is 64.2 Å². The van der Waals surface area contributed by atoms with Crippen LogP contribution in [0.25, 0.3) is 0 Å². The van der Waals surface area contributed by atoms with Crippen LogP contribution in [0.15, 0.2) is 24.3 Å². The maximum atomic E-state index is 12.7. The number of carbonyl (C=O) groups excluding carboxylic acids is 3. The van der Waals surface area contributed by atoms with Crippen molar-refractivity contribution in [3.63, 3.8) is 0 Å². The molecular weight excluding hydrogens is 745 g/mol. The van der Waals surface area contributed by atoms with E-state index in [4.69, 9.17) is 18.5 Å². The highest BCUT2D eigenvalue weighted by Gasteiger charge is 2.22. The Bertz CT molecular complexity index is 1240. The monoisotopic (exact) mass is 826 g/mol. The Morgan fingerprint density at radius 2 is 1.18 bits per heavy atom. The van der Waals surface area contributed by atoms with Gasteiger partial charge in [0.1, 0.15) is 19.8 Å². The molecule has 0 radical (unpaired) electrons. The molecular formula is C44H80N3O9P. The number of quaternary nitrogens is 1. The van der Waals surface area contributed by atoms with Gasteiger partial charge in [0.2, 0.25) is 0 Å². The summed E-state index contributed by atoms with van der Waals surface area (Å²) in [6.45, 7) is 2.55. The number of para-hydroxylation sites is 1. The number of nitrogens with zero attached hydrogens (tertiary/aromatic N) is 1. The number of benzene rings is 1. The number of rotatable bonds is 38. The SMILES string of the molecule is CCCCCCCCCCCCCCCC(=O)OC[C@H](COP(=O)([O-])OCC[N+](C)(C)C)OC(=O)CCCCCCCCCCCNC(=O)c1ccccc1NC. The van der Waals surface area contributed by atoms with Crippen LogP contribution in [-0.2, 0) is 32.7 Å². The Morgan fingerprint density at radius 1 is 0.684 bits per heavy atom. The molecule has 2 N–H and O–H groups in total. The molecule has 330 valence electrons. The average molecular weight is 826 g/mol. The van der Waals surface area contributed by atoms with Gasteiger partial charge < -0.3 is 38.5 Å². The molecule has 2 atom stereocenters. The largest absolute Gasteiger partial charge is 0.756 e. The van der Waals surface area contributed by atoms with E-state index >= 15 is 0 Å². The molecule has 0 saturated carbocycles. The minimum Gasteiger partial charge on any atom is -0.756 e. The Labute approximate surface area is 346 Å². The highest BCUT2D eigenvalue weighted by molar-refractivity contribution is 7.45. The fourth-order valence-electron chi connectivity index (χ4n) is 6.37. The van der Waals surface area contributed by atoms with E-state index in [0.717, 1.165) is 76.3 Å². The van der Waals surface area contributed by atoms with Crippen molar-refractivity contribution in [2.75, 3.05) is 66.4 Å². The molecule has 13 heteroatoms. The second-order valence-electron chi connectivity index (χ2n) is 16.4. The molecule has 0 spiro atoms. The summed E-state index contributed by atoms with van der Waals surface area (Å²) in [5.41, 5.74) is 1.47. The van der Waals surface area contributed by atoms with E-state index in [-0.39, 0.29) is 32.0 Å². The van der Waals surface area contributed by atoms with Crippen LogP contribution in [-0.4, -0.2) is 89.5 Å². The smallest absolute Gasteiger partial charge is 0.306 e. The van der Waals surface area contributed by atoms with Crippen molar-refractivity contribution in [3.05, 3.63) is 29.8 Å². The van der Waals surface area contributed by atoms with Crippen LogP contribution < -0.4 is 15.5 Å². The number of unbranched alkanes of at least 4 members (excludes halogenated alkanes) is 20. The molecule has 12 nitrogen and oxygen atoms in total. The van der Waals surface area contributed by atoms with E-state index in [1.54, 1.807) is 7.05 Å². The molecule has 1 rings (SSSR count).